The SMILES string of the molecule is O=C(O)CCCCCNC(=O)Cn1c2c(c3ccccc31)CC1(O)C3Cc4ccc(OCc5ccccc5)c5c4C1(CCN3CC1CC1)C2O5. The van der Waals surface area contributed by atoms with Crippen molar-refractivity contribution >= 4 is 22.8 Å². The lowest BCUT2D eigenvalue weighted by Gasteiger charge is -2.63. The molecule has 5 aliphatic rings. The minimum atomic E-state index is -1.05. The summed E-state index contributed by atoms with van der Waals surface area (Å²) in [4.78, 5) is 27.0. The van der Waals surface area contributed by atoms with Crippen LogP contribution in [0.4, 0.5) is 0 Å². The molecule has 3 heterocycles. The molecule has 1 spiro atoms. The van der Waals surface area contributed by atoms with Gasteiger partial charge in [-0.15, -0.1) is 0 Å². The lowest BCUT2D eigenvalue weighted by atomic mass is 9.49. The highest BCUT2D eigenvalue weighted by Crippen LogP contribution is 2.69. The number of rotatable bonds is 13. The third-order valence-corrected chi connectivity index (χ3v) is 12.2. The average molecular weight is 676 g/mol. The van der Waals surface area contributed by atoms with Gasteiger partial charge in [0, 0.05) is 48.4 Å². The molecule has 50 heavy (non-hydrogen) atoms. The van der Waals surface area contributed by atoms with Crippen LogP contribution in [-0.2, 0) is 41.0 Å². The molecule has 1 saturated heterocycles. The molecule has 9 rings (SSSR count). The van der Waals surface area contributed by atoms with Crippen LogP contribution in [-0.4, -0.2) is 62.8 Å². The number of aliphatic carboxylic acids is 1. The second kappa shape index (κ2) is 12.2. The predicted octanol–water partition coefficient (Wildman–Crippen LogP) is 5.68. The number of carboxylic acid groups (broad SMARTS) is 1. The fraction of sp³-hybridized carbons (Fsp3) is 0.463. The van der Waals surface area contributed by atoms with Gasteiger partial charge in [-0.1, -0.05) is 61.0 Å². The van der Waals surface area contributed by atoms with E-state index in [-0.39, 0.29) is 24.9 Å². The smallest absolute Gasteiger partial charge is 0.303 e. The predicted molar refractivity (Wildman–Crippen MR) is 188 cm³/mol. The number of unbranched alkanes of at least 4 members (excludes halogenated alkanes) is 2. The topological polar surface area (TPSA) is 113 Å². The molecule has 1 amide bonds. The molecule has 1 saturated carbocycles. The molecule has 4 aromatic rings. The van der Waals surface area contributed by atoms with Crippen molar-refractivity contribution in [1.29, 1.82) is 0 Å². The van der Waals surface area contributed by atoms with Crippen LogP contribution in [0, 0.1) is 5.92 Å². The number of carbonyl (C=O) groups excluding carboxylic acids is 1. The van der Waals surface area contributed by atoms with Crippen LogP contribution in [0.1, 0.15) is 79.0 Å². The molecule has 1 aromatic heterocycles. The number of nitrogens with one attached hydrogen (secondary N) is 1. The van der Waals surface area contributed by atoms with E-state index >= 15 is 0 Å². The van der Waals surface area contributed by atoms with E-state index in [1.807, 2.05) is 30.3 Å². The second-order valence-electron chi connectivity index (χ2n) is 15.2. The molecule has 3 aromatic carbocycles. The first-order valence-corrected chi connectivity index (χ1v) is 18.4. The number of hydrogen-bond acceptors (Lipinski definition) is 6. The van der Waals surface area contributed by atoms with E-state index < -0.39 is 23.1 Å². The molecule has 3 N–H and O–H groups in total. The fourth-order valence-electron chi connectivity index (χ4n) is 9.82. The Balaban J connectivity index is 1.12. The number of benzene rings is 3. The van der Waals surface area contributed by atoms with Crippen LogP contribution in [0.25, 0.3) is 10.9 Å². The first-order valence-electron chi connectivity index (χ1n) is 18.4. The average Bonchev–Trinajstić information content (AvgIpc) is 3.79. The van der Waals surface area contributed by atoms with E-state index in [1.165, 1.54) is 18.4 Å². The van der Waals surface area contributed by atoms with Gasteiger partial charge in [0.15, 0.2) is 17.6 Å². The zero-order valence-electron chi connectivity index (χ0n) is 28.4. The summed E-state index contributed by atoms with van der Waals surface area (Å²) in [5.74, 6) is 1.27. The lowest BCUT2D eigenvalue weighted by Crippen LogP contribution is -2.74. The Hall–Kier alpha value is -4.34. The highest BCUT2D eigenvalue weighted by molar-refractivity contribution is 5.89. The molecule has 3 aliphatic carbocycles. The molecule has 9 heteroatoms. The van der Waals surface area contributed by atoms with Gasteiger partial charge in [0.25, 0.3) is 0 Å². The maximum Gasteiger partial charge on any atom is 0.303 e. The summed E-state index contributed by atoms with van der Waals surface area (Å²) in [7, 11) is 0. The zero-order valence-corrected chi connectivity index (χ0v) is 28.4. The van der Waals surface area contributed by atoms with Crippen molar-refractivity contribution in [2.24, 2.45) is 5.92 Å². The summed E-state index contributed by atoms with van der Waals surface area (Å²) in [6, 6.07) is 22.6. The highest BCUT2D eigenvalue weighted by atomic mass is 16.5. The number of ether oxygens (including phenoxy) is 2. The highest BCUT2D eigenvalue weighted by Gasteiger charge is 2.73. The van der Waals surface area contributed by atoms with E-state index in [0.29, 0.717) is 37.7 Å². The van der Waals surface area contributed by atoms with Crippen LogP contribution in [0.2, 0.25) is 0 Å². The number of likely N-dealkylation sites (tertiary alicyclic amines) is 1. The van der Waals surface area contributed by atoms with E-state index in [4.69, 9.17) is 14.6 Å². The largest absolute Gasteiger partial charge is 0.485 e. The number of aromatic nitrogens is 1. The standard InChI is InChI=1S/C41H45N3O6/c45-34(42-19-8-2-5-13-35(46)47)24-44-31-12-7-6-11-29(31)30-22-41(48)33-21-28-16-17-32(49-25-27-9-3-1-4-10-27)38-36(28)40(41,39(50-38)37(30)44)18-20-43(33)23-26-14-15-26/h1,3-4,6-7,9-12,16-17,26,33,39,48H,2,5,8,13-15,18-25H2,(H,42,45)(H,46,47). The monoisotopic (exact) mass is 675 g/mol. The Morgan fingerprint density at radius 1 is 1.00 bits per heavy atom. The van der Waals surface area contributed by atoms with Gasteiger partial charge in [-0.2, -0.15) is 0 Å². The normalized spacial score (nSPS) is 25.9. The van der Waals surface area contributed by atoms with Gasteiger partial charge in [0.1, 0.15) is 13.2 Å². The van der Waals surface area contributed by atoms with Gasteiger partial charge in [-0.05, 0) is 79.8 Å². The number of piperidine rings is 1. The van der Waals surface area contributed by atoms with Gasteiger partial charge >= 0.3 is 5.97 Å². The molecule has 2 aliphatic heterocycles. The Morgan fingerprint density at radius 2 is 1.82 bits per heavy atom. The quantitative estimate of drug-likeness (QED) is 0.156. The van der Waals surface area contributed by atoms with E-state index in [2.05, 4.69) is 51.2 Å². The van der Waals surface area contributed by atoms with E-state index in [1.54, 1.807) is 0 Å². The van der Waals surface area contributed by atoms with Crippen LogP contribution >= 0.6 is 0 Å². The molecule has 2 fully saturated rings. The van der Waals surface area contributed by atoms with E-state index in [9.17, 15) is 14.7 Å². The van der Waals surface area contributed by atoms with Gasteiger partial charge < -0.3 is 29.6 Å². The number of carboxylic acids is 1. The van der Waals surface area contributed by atoms with Gasteiger partial charge in [0.05, 0.1) is 16.7 Å². The number of nitrogens with zero attached hydrogens (tertiary/aromatic N) is 2. The Labute approximate surface area is 292 Å². The summed E-state index contributed by atoms with van der Waals surface area (Å²) < 4.78 is 15.9. The van der Waals surface area contributed by atoms with Crippen LogP contribution in [0.3, 0.4) is 0 Å². The molecular weight excluding hydrogens is 630 g/mol. The Morgan fingerprint density at radius 3 is 2.64 bits per heavy atom. The van der Waals surface area contributed by atoms with Crippen molar-refractivity contribution in [2.45, 2.75) is 94.1 Å². The number of aliphatic hydroxyl groups is 1. The number of hydrogen-bond donors (Lipinski definition) is 3. The third-order valence-electron chi connectivity index (χ3n) is 12.2. The molecule has 9 nitrogen and oxygen atoms in total. The lowest BCUT2D eigenvalue weighted by molar-refractivity contribution is -0.173. The Bertz CT molecular complexity index is 1970. The van der Waals surface area contributed by atoms with Crippen molar-refractivity contribution in [1.82, 2.24) is 14.8 Å². The van der Waals surface area contributed by atoms with Gasteiger partial charge in [0.2, 0.25) is 5.91 Å². The molecule has 4 atom stereocenters. The number of amides is 1. The summed E-state index contributed by atoms with van der Waals surface area (Å²) in [5.41, 5.74) is 4.71. The van der Waals surface area contributed by atoms with Crippen LogP contribution in [0.5, 0.6) is 11.5 Å². The first-order chi connectivity index (χ1) is 24.4. The van der Waals surface area contributed by atoms with Crippen LogP contribution in [0.15, 0.2) is 66.7 Å². The van der Waals surface area contributed by atoms with Crippen LogP contribution < -0.4 is 14.8 Å². The van der Waals surface area contributed by atoms with Crippen molar-refractivity contribution in [3.8, 4) is 11.5 Å². The molecule has 0 radical (unpaired) electrons. The maximum absolute atomic E-state index is 13.6. The zero-order chi connectivity index (χ0) is 34.0. The summed E-state index contributed by atoms with van der Waals surface area (Å²) in [6.45, 7) is 2.98. The molecule has 2 bridgehead atoms. The third kappa shape index (κ3) is 4.95. The van der Waals surface area contributed by atoms with Crippen molar-refractivity contribution < 1.29 is 29.3 Å². The second-order valence-corrected chi connectivity index (χ2v) is 15.2. The van der Waals surface area contributed by atoms with Crippen molar-refractivity contribution in [2.75, 3.05) is 19.6 Å². The molecule has 260 valence electrons. The van der Waals surface area contributed by atoms with Crippen molar-refractivity contribution in [3.05, 3.63) is 94.7 Å². The van der Waals surface area contributed by atoms with Crippen molar-refractivity contribution in [3.63, 3.8) is 0 Å². The number of para-hydroxylation sites is 1. The minimum Gasteiger partial charge on any atom is -0.485 e. The van der Waals surface area contributed by atoms with E-state index in [0.717, 1.165) is 77.8 Å². The first kappa shape index (κ1) is 31.6. The number of fused-ring (bicyclic) bond motifs is 4. The fourth-order valence-corrected chi connectivity index (χ4v) is 9.82. The summed E-state index contributed by atoms with van der Waals surface area (Å²) >= 11 is 0. The summed E-state index contributed by atoms with van der Waals surface area (Å²) in [5, 5.41) is 26.5. The number of carbonyl (C=O) groups is 2. The summed E-state index contributed by atoms with van der Waals surface area (Å²) in [6.07, 6.45) is 6.32. The Kier molecular flexibility index (Phi) is 7.69. The molecular formula is C41H45N3O6. The molecule has 4 unspecified atom stereocenters. The maximum atomic E-state index is 13.6. The van der Waals surface area contributed by atoms with Gasteiger partial charge in [-0.3, -0.25) is 14.5 Å². The van der Waals surface area contributed by atoms with Gasteiger partial charge in [-0.25, -0.2) is 0 Å². The minimum absolute atomic E-state index is 0.0304.